The highest BCUT2D eigenvalue weighted by Crippen LogP contribution is 2.35. The molecule has 1 fully saturated rings. The number of piperidine rings is 1. The third-order valence-corrected chi connectivity index (χ3v) is 5.11. The van der Waals surface area contributed by atoms with E-state index in [1.165, 1.54) is 25.7 Å². The van der Waals surface area contributed by atoms with Gasteiger partial charge in [0.25, 0.3) is 0 Å². The molecule has 0 aliphatic carbocycles. The molecule has 0 aromatic carbocycles. The summed E-state index contributed by atoms with van der Waals surface area (Å²) in [4.78, 5) is 12.1. The fourth-order valence-electron chi connectivity index (χ4n) is 5.29. The highest BCUT2D eigenvalue weighted by atomic mass is 16.6. The largest absolute Gasteiger partial charge is 0.460 e. The van der Waals surface area contributed by atoms with Gasteiger partial charge in [0.15, 0.2) is 0 Å². The zero-order chi connectivity index (χ0) is 20.2. The van der Waals surface area contributed by atoms with Crippen molar-refractivity contribution in [2.75, 3.05) is 0 Å². The lowest BCUT2D eigenvalue weighted by Gasteiger charge is -2.46. The van der Waals surface area contributed by atoms with Gasteiger partial charge in [0.2, 0.25) is 0 Å². The van der Waals surface area contributed by atoms with Crippen molar-refractivity contribution in [2.45, 2.75) is 130 Å². The molecule has 0 radical (unpaired) electrons. The maximum absolute atomic E-state index is 12.1. The van der Waals surface area contributed by atoms with Gasteiger partial charge in [-0.2, -0.15) is 0 Å². The lowest BCUT2D eigenvalue weighted by atomic mass is 9.74. The summed E-state index contributed by atoms with van der Waals surface area (Å²) in [5.74, 6) is 0.752. The predicted molar refractivity (Wildman–Crippen MR) is 111 cm³/mol. The molecule has 1 saturated heterocycles. The summed E-state index contributed by atoms with van der Waals surface area (Å²) in [6.07, 6.45) is 8.50. The van der Waals surface area contributed by atoms with E-state index in [9.17, 15) is 4.79 Å². The smallest absolute Gasteiger partial charge is 0.306 e. The highest BCUT2D eigenvalue weighted by Gasteiger charge is 2.37. The molecule has 0 atom stereocenters. The molecule has 0 amide bonds. The summed E-state index contributed by atoms with van der Waals surface area (Å²) >= 11 is 0. The number of hydrogen-bond donors (Lipinski definition) is 1. The van der Waals surface area contributed by atoms with E-state index in [1.807, 2.05) is 13.8 Å². The Hall–Kier alpha value is -0.570. The molecule has 3 heteroatoms. The second-order valence-electron chi connectivity index (χ2n) is 11.7. The monoisotopic (exact) mass is 367 g/mol. The molecule has 0 aromatic rings. The Balaban J connectivity index is 2.25. The number of esters is 1. The van der Waals surface area contributed by atoms with Crippen LogP contribution in [0.5, 0.6) is 0 Å². The van der Waals surface area contributed by atoms with Crippen LogP contribution in [-0.2, 0) is 9.53 Å². The van der Waals surface area contributed by atoms with E-state index < -0.39 is 0 Å². The first-order chi connectivity index (χ1) is 11.6. The summed E-state index contributed by atoms with van der Waals surface area (Å²) in [6.45, 7) is 19.9. The van der Waals surface area contributed by atoms with Crippen LogP contribution in [0.15, 0.2) is 0 Å². The highest BCUT2D eigenvalue weighted by molar-refractivity contribution is 5.69. The average molecular weight is 368 g/mol. The van der Waals surface area contributed by atoms with E-state index >= 15 is 0 Å². The third kappa shape index (κ3) is 9.94. The molecule has 1 N–H and O–H groups in total. The van der Waals surface area contributed by atoms with Crippen LogP contribution in [-0.4, -0.2) is 22.6 Å². The van der Waals surface area contributed by atoms with Gasteiger partial charge in [-0.05, 0) is 78.6 Å². The zero-order valence-electron chi connectivity index (χ0n) is 19.1. The van der Waals surface area contributed by atoms with E-state index in [4.69, 9.17) is 4.74 Å². The van der Waals surface area contributed by atoms with E-state index in [0.717, 1.165) is 25.2 Å². The molecular weight excluding hydrogens is 322 g/mol. The molecule has 154 valence electrons. The molecule has 0 aromatic heterocycles. The number of ether oxygens (including phenoxy) is 1. The van der Waals surface area contributed by atoms with Gasteiger partial charge in [-0.1, -0.05) is 40.0 Å². The fraction of sp³-hybridized carbons (Fsp3) is 0.957. The quantitative estimate of drug-likeness (QED) is 0.407. The molecule has 0 saturated carbocycles. The van der Waals surface area contributed by atoms with E-state index in [2.05, 4.69) is 53.8 Å². The average Bonchev–Trinajstić information content (AvgIpc) is 2.30. The van der Waals surface area contributed by atoms with Crippen LogP contribution >= 0.6 is 0 Å². The molecular formula is C23H45NO2. The molecule has 1 aliphatic heterocycles. The zero-order valence-corrected chi connectivity index (χ0v) is 19.1. The fourth-order valence-corrected chi connectivity index (χ4v) is 5.29. The normalized spacial score (nSPS) is 20.8. The van der Waals surface area contributed by atoms with Crippen LogP contribution in [0.25, 0.3) is 0 Å². The second kappa shape index (κ2) is 8.63. The van der Waals surface area contributed by atoms with Crippen LogP contribution in [0.4, 0.5) is 0 Å². The van der Waals surface area contributed by atoms with E-state index in [0.29, 0.717) is 6.42 Å². The van der Waals surface area contributed by atoms with Crippen LogP contribution in [0.2, 0.25) is 0 Å². The van der Waals surface area contributed by atoms with Crippen molar-refractivity contribution in [3.05, 3.63) is 0 Å². The number of carbonyl (C=O) groups is 1. The lowest BCUT2D eigenvalue weighted by Crippen LogP contribution is -2.57. The minimum absolute atomic E-state index is 0.0385. The number of rotatable bonds is 8. The van der Waals surface area contributed by atoms with Crippen LogP contribution in [0, 0.1) is 11.3 Å². The summed E-state index contributed by atoms with van der Waals surface area (Å²) < 4.78 is 5.72. The number of carbonyl (C=O) groups excluding carboxylic acids is 1. The van der Waals surface area contributed by atoms with Gasteiger partial charge in [0, 0.05) is 17.5 Å². The van der Waals surface area contributed by atoms with Crippen molar-refractivity contribution in [1.29, 1.82) is 0 Å². The Morgan fingerprint density at radius 2 is 1.50 bits per heavy atom. The van der Waals surface area contributed by atoms with E-state index in [-0.39, 0.29) is 28.1 Å². The van der Waals surface area contributed by atoms with Crippen LogP contribution in [0.3, 0.4) is 0 Å². The van der Waals surface area contributed by atoms with Crippen molar-refractivity contribution in [3.63, 3.8) is 0 Å². The minimum atomic E-state index is -0.373. The maximum Gasteiger partial charge on any atom is 0.306 e. The standard InChI is InChI=1S/C23H45NO2/c1-20(2,3)17-23(8,9)26-19(25)14-12-10-11-13-18-15-21(4,5)24-22(6,7)16-18/h18,24H,10-17H2,1-9H3. The molecule has 1 heterocycles. The van der Waals surface area contributed by atoms with E-state index in [1.54, 1.807) is 0 Å². The SMILES string of the molecule is CC(C)(C)CC(C)(C)OC(=O)CCCCCC1CC(C)(C)NC(C)(C)C1. The molecule has 0 bridgehead atoms. The van der Waals surface area contributed by atoms with Crippen molar-refractivity contribution < 1.29 is 9.53 Å². The lowest BCUT2D eigenvalue weighted by molar-refractivity contribution is -0.159. The number of unbranched alkanes of at least 4 members (excludes halogenated alkanes) is 2. The Kier molecular flexibility index (Phi) is 7.79. The Bertz CT molecular complexity index is 441. The summed E-state index contributed by atoms with van der Waals surface area (Å²) in [5.41, 5.74) is 0.255. The van der Waals surface area contributed by atoms with Crippen LogP contribution < -0.4 is 5.32 Å². The molecule has 0 unspecified atom stereocenters. The molecule has 26 heavy (non-hydrogen) atoms. The van der Waals surface area contributed by atoms with Gasteiger partial charge in [-0.25, -0.2) is 0 Å². The topological polar surface area (TPSA) is 38.3 Å². The third-order valence-electron chi connectivity index (χ3n) is 5.11. The Morgan fingerprint density at radius 1 is 0.962 bits per heavy atom. The second-order valence-corrected chi connectivity index (χ2v) is 11.7. The van der Waals surface area contributed by atoms with Gasteiger partial charge < -0.3 is 10.1 Å². The predicted octanol–water partition coefficient (Wildman–Crippen LogP) is 6.25. The van der Waals surface area contributed by atoms with Crippen LogP contribution in [0.1, 0.15) is 114 Å². The first-order valence-corrected chi connectivity index (χ1v) is 10.6. The Morgan fingerprint density at radius 3 is 2.00 bits per heavy atom. The molecule has 1 rings (SSSR count). The maximum atomic E-state index is 12.1. The first kappa shape index (κ1) is 23.5. The summed E-state index contributed by atoms with van der Waals surface area (Å²) in [5, 5.41) is 3.75. The summed E-state index contributed by atoms with van der Waals surface area (Å²) in [7, 11) is 0. The van der Waals surface area contributed by atoms with Crippen molar-refractivity contribution in [2.24, 2.45) is 11.3 Å². The molecule has 0 spiro atoms. The Labute approximate surface area is 163 Å². The molecule has 3 nitrogen and oxygen atoms in total. The van der Waals surface area contributed by atoms with Gasteiger partial charge >= 0.3 is 5.97 Å². The van der Waals surface area contributed by atoms with Gasteiger partial charge in [0.05, 0.1) is 0 Å². The van der Waals surface area contributed by atoms with Crippen molar-refractivity contribution >= 4 is 5.97 Å². The van der Waals surface area contributed by atoms with Crippen molar-refractivity contribution in [3.8, 4) is 0 Å². The van der Waals surface area contributed by atoms with Crippen molar-refractivity contribution in [1.82, 2.24) is 5.32 Å². The van der Waals surface area contributed by atoms with Gasteiger partial charge in [-0.3, -0.25) is 4.79 Å². The minimum Gasteiger partial charge on any atom is -0.460 e. The van der Waals surface area contributed by atoms with Gasteiger partial charge in [-0.15, -0.1) is 0 Å². The molecule has 1 aliphatic rings. The number of hydrogen-bond acceptors (Lipinski definition) is 3. The van der Waals surface area contributed by atoms with Gasteiger partial charge in [0.1, 0.15) is 5.60 Å². The number of nitrogens with one attached hydrogen (secondary N) is 1. The summed E-state index contributed by atoms with van der Waals surface area (Å²) in [6, 6.07) is 0. The first-order valence-electron chi connectivity index (χ1n) is 10.6.